The Kier molecular flexibility index (Phi) is 64.0. The van der Waals surface area contributed by atoms with Crippen molar-refractivity contribution in [1.82, 2.24) is 0 Å². The number of aliphatic hydroxyl groups is 1. The lowest BCUT2D eigenvalue weighted by atomic mass is 10.0. The second-order valence-corrected chi connectivity index (χ2v) is 29.4. The molecule has 0 amide bonds. The number of carbonyl (C=O) groups excluding carboxylic acids is 4. The van der Waals surface area contributed by atoms with E-state index in [0.717, 1.165) is 89.9 Å². The Morgan fingerprint density at radius 2 is 0.505 bits per heavy atom. The third-order valence-corrected chi connectivity index (χ3v) is 18.7. The van der Waals surface area contributed by atoms with Crippen LogP contribution in [0, 0.1) is 5.92 Å². The number of aliphatic hydroxyl groups excluding tert-OH is 1. The first-order valence-electron chi connectivity index (χ1n) is 37.6. The molecule has 0 rings (SSSR count). The molecule has 0 aromatic heterocycles. The Morgan fingerprint density at radius 1 is 0.297 bits per heavy atom. The van der Waals surface area contributed by atoms with E-state index in [1.54, 1.807) is 0 Å². The van der Waals surface area contributed by atoms with Gasteiger partial charge in [-0.1, -0.05) is 324 Å². The fraction of sp³-hybridized carbons (Fsp3) is 0.944. The molecule has 0 heterocycles. The van der Waals surface area contributed by atoms with Crippen LogP contribution in [0.3, 0.4) is 0 Å². The predicted molar refractivity (Wildman–Crippen MR) is 368 cm³/mol. The van der Waals surface area contributed by atoms with Gasteiger partial charge in [-0.15, -0.1) is 0 Å². The van der Waals surface area contributed by atoms with Gasteiger partial charge in [-0.25, -0.2) is 9.13 Å². The van der Waals surface area contributed by atoms with Gasteiger partial charge in [0.25, 0.3) is 0 Å². The van der Waals surface area contributed by atoms with Gasteiger partial charge < -0.3 is 33.8 Å². The van der Waals surface area contributed by atoms with E-state index in [2.05, 4.69) is 34.6 Å². The van der Waals surface area contributed by atoms with Gasteiger partial charge in [-0.05, 0) is 31.6 Å². The molecule has 0 fully saturated rings. The molecule has 0 saturated carbocycles. The van der Waals surface area contributed by atoms with Crippen molar-refractivity contribution < 1.29 is 80.2 Å². The molecule has 0 bridgehead atoms. The second kappa shape index (κ2) is 65.4. The number of rotatable bonds is 72. The SMILES string of the molecule is CCCCCCCCCCCCCCCCCCCCC(=O)O[C@H](COC(=O)CCCCCCCCCCCCCCCC)COP(=O)(O)OC[C@@H](O)COP(=O)(O)OC[C@@H](COC(=O)CCCCCCCCCCC)OC(=O)CCCCCCCCCC(C)C. The fourth-order valence-corrected chi connectivity index (χ4v) is 12.6. The Balaban J connectivity index is 5.21. The average molecular weight is 1340 g/mol. The smallest absolute Gasteiger partial charge is 0.462 e. The maximum atomic E-state index is 13.0. The highest BCUT2D eigenvalue weighted by molar-refractivity contribution is 7.47. The van der Waals surface area contributed by atoms with E-state index in [9.17, 15) is 43.2 Å². The predicted octanol–water partition coefficient (Wildman–Crippen LogP) is 20.9. The van der Waals surface area contributed by atoms with Crippen molar-refractivity contribution in [2.75, 3.05) is 39.6 Å². The monoisotopic (exact) mass is 1340 g/mol. The van der Waals surface area contributed by atoms with Crippen LogP contribution in [0.5, 0.6) is 0 Å². The van der Waals surface area contributed by atoms with Gasteiger partial charge in [0.05, 0.1) is 26.4 Å². The van der Waals surface area contributed by atoms with Gasteiger partial charge in [-0.2, -0.15) is 0 Å². The molecule has 540 valence electrons. The molecule has 2 unspecified atom stereocenters. The van der Waals surface area contributed by atoms with Gasteiger partial charge in [0.15, 0.2) is 12.2 Å². The zero-order valence-electron chi connectivity index (χ0n) is 59.0. The van der Waals surface area contributed by atoms with E-state index in [-0.39, 0.29) is 25.7 Å². The molecule has 3 N–H and O–H groups in total. The maximum absolute atomic E-state index is 13.0. The normalized spacial score (nSPS) is 14.0. The molecule has 0 aromatic carbocycles. The lowest BCUT2D eigenvalue weighted by Gasteiger charge is -2.21. The van der Waals surface area contributed by atoms with Crippen LogP contribution in [-0.4, -0.2) is 96.7 Å². The molecular formula is C72H140O17P2. The molecule has 0 aliphatic carbocycles. The quantitative estimate of drug-likeness (QED) is 0.0222. The van der Waals surface area contributed by atoms with Crippen molar-refractivity contribution in [2.24, 2.45) is 5.92 Å². The zero-order valence-corrected chi connectivity index (χ0v) is 60.8. The number of unbranched alkanes of at least 4 members (excludes halogenated alkanes) is 44. The second-order valence-electron chi connectivity index (χ2n) is 26.5. The van der Waals surface area contributed by atoms with E-state index in [0.29, 0.717) is 31.6 Å². The van der Waals surface area contributed by atoms with Crippen LogP contribution in [0.2, 0.25) is 0 Å². The molecule has 0 aliphatic heterocycles. The minimum atomic E-state index is -4.95. The molecule has 17 nitrogen and oxygen atoms in total. The average Bonchev–Trinajstić information content (AvgIpc) is 3.53. The summed E-state index contributed by atoms with van der Waals surface area (Å²) in [6.45, 7) is 7.19. The number of hydrogen-bond donors (Lipinski definition) is 3. The molecule has 0 radical (unpaired) electrons. The van der Waals surface area contributed by atoms with Crippen molar-refractivity contribution in [3.05, 3.63) is 0 Å². The Hall–Kier alpha value is -1.94. The Bertz CT molecular complexity index is 1750. The molecule has 0 aromatic rings. The van der Waals surface area contributed by atoms with E-state index in [1.165, 1.54) is 199 Å². The number of ether oxygens (including phenoxy) is 4. The van der Waals surface area contributed by atoms with E-state index < -0.39 is 97.5 Å². The minimum Gasteiger partial charge on any atom is -0.462 e. The van der Waals surface area contributed by atoms with E-state index in [1.807, 2.05) is 0 Å². The lowest BCUT2D eigenvalue weighted by molar-refractivity contribution is -0.161. The number of phosphoric acid groups is 2. The molecule has 91 heavy (non-hydrogen) atoms. The van der Waals surface area contributed by atoms with E-state index >= 15 is 0 Å². The summed E-state index contributed by atoms with van der Waals surface area (Å²) < 4.78 is 68.3. The maximum Gasteiger partial charge on any atom is 0.472 e. The van der Waals surface area contributed by atoms with Crippen molar-refractivity contribution >= 4 is 39.5 Å². The summed E-state index contributed by atoms with van der Waals surface area (Å²) in [5.41, 5.74) is 0. The Labute approximate surface area is 556 Å². The van der Waals surface area contributed by atoms with Crippen molar-refractivity contribution in [3.8, 4) is 0 Å². The highest BCUT2D eigenvalue weighted by Crippen LogP contribution is 2.45. The number of carbonyl (C=O) groups is 4. The fourth-order valence-electron chi connectivity index (χ4n) is 11.0. The zero-order chi connectivity index (χ0) is 67.0. The number of hydrogen-bond acceptors (Lipinski definition) is 15. The highest BCUT2D eigenvalue weighted by atomic mass is 31.2. The van der Waals surface area contributed by atoms with Crippen LogP contribution >= 0.6 is 15.6 Å². The van der Waals surface area contributed by atoms with Crippen molar-refractivity contribution in [2.45, 2.75) is 393 Å². The molecule has 0 aliphatic rings. The summed E-state index contributed by atoms with van der Waals surface area (Å²) in [5, 5.41) is 10.6. The van der Waals surface area contributed by atoms with Gasteiger partial charge in [0, 0.05) is 25.7 Å². The van der Waals surface area contributed by atoms with Gasteiger partial charge >= 0.3 is 39.5 Å². The number of esters is 4. The summed E-state index contributed by atoms with van der Waals surface area (Å²) in [6, 6.07) is 0. The van der Waals surface area contributed by atoms with Gasteiger partial charge in [0.1, 0.15) is 19.3 Å². The third kappa shape index (κ3) is 66.5. The summed E-state index contributed by atoms with van der Waals surface area (Å²) in [6.07, 6.45) is 52.8. The molecule has 5 atom stereocenters. The number of phosphoric ester groups is 2. The van der Waals surface area contributed by atoms with Crippen LogP contribution in [0.4, 0.5) is 0 Å². The van der Waals surface area contributed by atoms with Crippen molar-refractivity contribution in [3.63, 3.8) is 0 Å². The molecular weight excluding hydrogens is 1200 g/mol. The van der Waals surface area contributed by atoms with Gasteiger partial charge in [-0.3, -0.25) is 37.3 Å². The standard InChI is InChI=1S/C72H140O17P2/c1-6-9-12-15-18-21-23-25-27-28-29-30-32-34-37-42-47-52-57-71(76)88-67(61-83-70(75)56-51-46-41-36-33-31-26-24-22-19-16-13-10-7-2)63-86-90(78,79)84-59-66(73)60-85-91(80,81)87-64-68(62-82-69(74)55-50-45-40-35-20-17-14-11-8-3)89-72(77)58-53-48-43-38-39-44-49-54-65(4)5/h65-68,73H,6-64H2,1-5H3,(H,78,79)(H,80,81)/t66-,67-,68-/m1/s1. The Morgan fingerprint density at radius 3 is 0.747 bits per heavy atom. The topological polar surface area (TPSA) is 237 Å². The third-order valence-electron chi connectivity index (χ3n) is 16.8. The van der Waals surface area contributed by atoms with Gasteiger partial charge in [0.2, 0.25) is 0 Å². The summed E-state index contributed by atoms with van der Waals surface area (Å²) in [5.74, 6) is -1.43. The van der Waals surface area contributed by atoms with E-state index in [4.69, 9.17) is 37.0 Å². The van der Waals surface area contributed by atoms with Crippen LogP contribution in [-0.2, 0) is 65.4 Å². The first-order chi connectivity index (χ1) is 44.0. The largest absolute Gasteiger partial charge is 0.472 e. The highest BCUT2D eigenvalue weighted by Gasteiger charge is 2.30. The molecule has 0 saturated heterocycles. The van der Waals surface area contributed by atoms with Crippen LogP contribution in [0.25, 0.3) is 0 Å². The lowest BCUT2D eigenvalue weighted by Crippen LogP contribution is -2.30. The van der Waals surface area contributed by atoms with Crippen LogP contribution in [0.1, 0.15) is 375 Å². The summed E-state index contributed by atoms with van der Waals surface area (Å²) >= 11 is 0. The summed E-state index contributed by atoms with van der Waals surface area (Å²) in [7, 11) is -9.90. The van der Waals surface area contributed by atoms with Crippen LogP contribution in [0.15, 0.2) is 0 Å². The minimum absolute atomic E-state index is 0.104. The molecule has 19 heteroatoms. The first kappa shape index (κ1) is 89.1. The van der Waals surface area contributed by atoms with Crippen LogP contribution < -0.4 is 0 Å². The summed E-state index contributed by atoms with van der Waals surface area (Å²) in [4.78, 5) is 72.5. The molecule has 0 spiro atoms. The van der Waals surface area contributed by atoms with Crippen molar-refractivity contribution in [1.29, 1.82) is 0 Å². The first-order valence-corrected chi connectivity index (χ1v) is 40.6.